The van der Waals surface area contributed by atoms with Crippen molar-refractivity contribution in [2.45, 2.75) is 38.9 Å². The summed E-state index contributed by atoms with van der Waals surface area (Å²) in [6.45, 7) is 6.63. The maximum atomic E-state index is 14.2. The summed E-state index contributed by atoms with van der Waals surface area (Å²) >= 11 is 0. The van der Waals surface area contributed by atoms with Crippen molar-refractivity contribution in [3.8, 4) is 11.1 Å². The summed E-state index contributed by atoms with van der Waals surface area (Å²) in [7, 11) is 0. The lowest BCUT2D eigenvalue weighted by atomic mass is 10.0. The number of anilines is 1. The minimum Gasteiger partial charge on any atom is -0.353 e. The molecule has 2 heterocycles. The van der Waals surface area contributed by atoms with Crippen molar-refractivity contribution in [1.29, 1.82) is 0 Å². The van der Waals surface area contributed by atoms with Gasteiger partial charge in [0.15, 0.2) is 0 Å². The normalized spacial score (nSPS) is 18.1. The van der Waals surface area contributed by atoms with Gasteiger partial charge in [-0.3, -0.25) is 4.90 Å². The molecule has 1 unspecified atom stereocenters. The zero-order valence-corrected chi connectivity index (χ0v) is 15.3. The SMILES string of the molecule is CCN1CCCC1CNc1ncc(-c2ccc(C(F)(F)F)cc2F)c(C)n1. The zero-order chi connectivity index (χ0) is 19.6. The van der Waals surface area contributed by atoms with Crippen molar-refractivity contribution >= 4 is 5.95 Å². The average Bonchev–Trinajstić information content (AvgIpc) is 3.07. The smallest absolute Gasteiger partial charge is 0.353 e. The van der Waals surface area contributed by atoms with Crippen molar-refractivity contribution in [2.24, 2.45) is 0 Å². The van der Waals surface area contributed by atoms with Crippen LogP contribution in [0.2, 0.25) is 0 Å². The third-order valence-corrected chi connectivity index (χ3v) is 4.97. The molecule has 0 aliphatic carbocycles. The van der Waals surface area contributed by atoms with E-state index in [9.17, 15) is 17.6 Å². The van der Waals surface area contributed by atoms with Gasteiger partial charge in [-0.15, -0.1) is 0 Å². The summed E-state index contributed by atoms with van der Waals surface area (Å²) in [6.07, 6.45) is -0.839. The predicted octanol–water partition coefficient (Wildman–Crippen LogP) is 4.51. The highest BCUT2D eigenvalue weighted by Crippen LogP contribution is 2.33. The molecule has 8 heteroatoms. The van der Waals surface area contributed by atoms with E-state index in [1.807, 2.05) is 0 Å². The molecule has 0 amide bonds. The Hall–Kier alpha value is -2.22. The second-order valence-electron chi connectivity index (χ2n) is 6.69. The molecule has 1 aromatic heterocycles. The number of nitrogens with one attached hydrogen (secondary N) is 1. The van der Waals surface area contributed by atoms with E-state index >= 15 is 0 Å². The van der Waals surface area contributed by atoms with Crippen molar-refractivity contribution < 1.29 is 17.6 Å². The molecule has 27 heavy (non-hydrogen) atoms. The number of benzene rings is 1. The van der Waals surface area contributed by atoms with Crippen LogP contribution in [0.5, 0.6) is 0 Å². The van der Waals surface area contributed by atoms with E-state index in [1.165, 1.54) is 12.6 Å². The Kier molecular flexibility index (Phi) is 5.64. The van der Waals surface area contributed by atoms with Gasteiger partial charge in [-0.05, 0) is 45.0 Å². The molecule has 0 bridgehead atoms. The average molecular weight is 382 g/mol. The number of halogens is 4. The van der Waals surface area contributed by atoms with Gasteiger partial charge >= 0.3 is 6.18 Å². The third kappa shape index (κ3) is 4.37. The Balaban J connectivity index is 1.75. The molecule has 1 aromatic carbocycles. The molecule has 0 radical (unpaired) electrons. The van der Waals surface area contributed by atoms with Crippen LogP contribution in [-0.4, -0.2) is 40.5 Å². The molecular formula is C19H22F4N4. The van der Waals surface area contributed by atoms with E-state index < -0.39 is 17.6 Å². The Morgan fingerprint density at radius 1 is 1.26 bits per heavy atom. The summed E-state index contributed by atoms with van der Waals surface area (Å²) in [6, 6.07) is 2.92. The van der Waals surface area contributed by atoms with E-state index in [0.717, 1.165) is 38.2 Å². The van der Waals surface area contributed by atoms with Crippen LogP contribution in [0.3, 0.4) is 0 Å². The molecule has 1 aliphatic rings. The Morgan fingerprint density at radius 2 is 2.04 bits per heavy atom. The van der Waals surface area contributed by atoms with Gasteiger partial charge in [-0.25, -0.2) is 14.4 Å². The highest BCUT2D eigenvalue weighted by molar-refractivity contribution is 5.66. The van der Waals surface area contributed by atoms with Crippen molar-refractivity contribution in [3.63, 3.8) is 0 Å². The maximum absolute atomic E-state index is 14.2. The lowest BCUT2D eigenvalue weighted by molar-refractivity contribution is -0.137. The largest absolute Gasteiger partial charge is 0.416 e. The maximum Gasteiger partial charge on any atom is 0.416 e. The number of hydrogen-bond donors (Lipinski definition) is 1. The number of hydrogen-bond acceptors (Lipinski definition) is 4. The van der Waals surface area contributed by atoms with E-state index in [1.54, 1.807) is 6.92 Å². The predicted molar refractivity (Wildman–Crippen MR) is 95.9 cm³/mol. The van der Waals surface area contributed by atoms with Crippen LogP contribution >= 0.6 is 0 Å². The van der Waals surface area contributed by atoms with E-state index in [4.69, 9.17) is 0 Å². The van der Waals surface area contributed by atoms with Crippen molar-refractivity contribution in [3.05, 3.63) is 41.5 Å². The van der Waals surface area contributed by atoms with E-state index in [0.29, 0.717) is 29.3 Å². The topological polar surface area (TPSA) is 41.0 Å². The molecule has 0 spiro atoms. The number of aromatic nitrogens is 2. The summed E-state index contributed by atoms with van der Waals surface area (Å²) in [5.74, 6) is -0.506. The molecular weight excluding hydrogens is 360 g/mol. The van der Waals surface area contributed by atoms with E-state index in [-0.39, 0.29) is 5.56 Å². The van der Waals surface area contributed by atoms with Gasteiger partial charge in [-0.2, -0.15) is 13.2 Å². The lowest BCUT2D eigenvalue weighted by Crippen LogP contribution is -2.34. The Labute approximate surface area is 155 Å². The summed E-state index contributed by atoms with van der Waals surface area (Å²) in [5.41, 5.74) is -0.0783. The molecule has 0 saturated carbocycles. The zero-order valence-electron chi connectivity index (χ0n) is 15.3. The standard InChI is InChI=1S/C19H22F4N4/c1-3-27-8-4-5-14(27)10-24-18-25-11-16(12(2)26-18)15-7-6-13(9-17(15)20)19(21,22)23/h6-7,9,11,14H,3-5,8,10H2,1-2H3,(H,24,25,26). The van der Waals surface area contributed by atoms with Crippen molar-refractivity contribution in [2.75, 3.05) is 25.0 Å². The number of rotatable bonds is 5. The second-order valence-corrected chi connectivity index (χ2v) is 6.69. The number of nitrogens with zero attached hydrogens (tertiary/aromatic N) is 3. The van der Waals surface area contributed by atoms with Crippen LogP contribution in [0.15, 0.2) is 24.4 Å². The highest BCUT2D eigenvalue weighted by atomic mass is 19.4. The Bertz CT molecular complexity index is 807. The molecule has 1 aliphatic heterocycles. The highest BCUT2D eigenvalue weighted by Gasteiger charge is 2.31. The van der Waals surface area contributed by atoms with Gasteiger partial charge in [0, 0.05) is 29.9 Å². The molecule has 2 aromatic rings. The molecule has 4 nitrogen and oxygen atoms in total. The number of alkyl halides is 3. The van der Waals surface area contributed by atoms with Gasteiger partial charge in [0.2, 0.25) is 5.95 Å². The number of likely N-dealkylation sites (N-methyl/N-ethyl adjacent to an activating group) is 1. The number of aryl methyl sites for hydroxylation is 1. The van der Waals surface area contributed by atoms with Gasteiger partial charge in [0.05, 0.1) is 11.3 Å². The fourth-order valence-corrected chi connectivity index (χ4v) is 3.48. The third-order valence-electron chi connectivity index (χ3n) is 4.97. The molecule has 3 rings (SSSR count). The van der Waals surface area contributed by atoms with Crippen molar-refractivity contribution in [1.82, 2.24) is 14.9 Å². The van der Waals surface area contributed by atoms with Crippen LogP contribution < -0.4 is 5.32 Å². The number of likely N-dealkylation sites (tertiary alicyclic amines) is 1. The van der Waals surface area contributed by atoms with Gasteiger partial charge in [-0.1, -0.05) is 13.0 Å². The minimum absolute atomic E-state index is 0.0556. The first-order valence-corrected chi connectivity index (χ1v) is 8.98. The first kappa shape index (κ1) is 19.5. The van der Waals surface area contributed by atoms with Crippen LogP contribution in [0.25, 0.3) is 11.1 Å². The van der Waals surface area contributed by atoms with Crippen LogP contribution in [-0.2, 0) is 6.18 Å². The van der Waals surface area contributed by atoms with Gasteiger partial charge in [0.1, 0.15) is 5.82 Å². The van der Waals surface area contributed by atoms with Crippen LogP contribution in [0, 0.1) is 12.7 Å². The lowest BCUT2D eigenvalue weighted by Gasteiger charge is -2.23. The van der Waals surface area contributed by atoms with Gasteiger partial charge in [0.25, 0.3) is 0 Å². The Morgan fingerprint density at radius 3 is 2.67 bits per heavy atom. The monoisotopic (exact) mass is 382 g/mol. The quantitative estimate of drug-likeness (QED) is 0.773. The first-order valence-electron chi connectivity index (χ1n) is 8.98. The van der Waals surface area contributed by atoms with Crippen LogP contribution in [0.4, 0.5) is 23.5 Å². The molecule has 1 atom stereocenters. The first-order chi connectivity index (χ1) is 12.8. The fourth-order valence-electron chi connectivity index (χ4n) is 3.48. The summed E-state index contributed by atoms with van der Waals surface area (Å²) in [5, 5.41) is 3.21. The minimum atomic E-state index is -4.58. The van der Waals surface area contributed by atoms with Crippen LogP contribution in [0.1, 0.15) is 31.0 Å². The van der Waals surface area contributed by atoms with Gasteiger partial charge < -0.3 is 5.32 Å². The summed E-state index contributed by atoms with van der Waals surface area (Å²) in [4.78, 5) is 10.9. The molecule has 1 fully saturated rings. The van der Waals surface area contributed by atoms with E-state index in [2.05, 4.69) is 27.1 Å². The summed E-state index contributed by atoms with van der Waals surface area (Å²) < 4.78 is 52.3. The molecule has 1 N–H and O–H groups in total. The molecule has 146 valence electrons. The molecule has 1 saturated heterocycles. The second kappa shape index (κ2) is 7.80. The fraction of sp³-hybridized carbons (Fsp3) is 0.474.